The highest BCUT2D eigenvalue weighted by Crippen LogP contribution is 2.55. The normalized spacial score (nSPS) is 36.6. The van der Waals surface area contributed by atoms with E-state index in [9.17, 15) is 14.7 Å². The van der Waals surface area contributed by atoms with Crippen molar-refractivity contribution in [1.29, 1.82) is 0 Å². The molecule has 2 saturated carbocycles. The number of nitrogens with zero attached hydrogens (tertiary/aromatic N) is 2. The van der Waals surface area contributed by atoms with Crippen LogP contribution < -0.4 is 5.32 Å². The first-order valence-electron chi connectivity index (χ1n) is 13.0. The smallest absolute Gasteiger partial charge is 0.270 e. The number of ether oxygens (including phenoxy) is 1. The van der Waals surface area contributed by atoms with Crippen molar-refractivity contribution in [2.24, 2.45) is 29.1 Å². The number of hydrogen-bond acceptors (Lipinski definition) is 5. The van der Waals surface area contributed by atoms with E-state index in [0.29, 0.717) is 12.3 Å². The molecule has 0 bridgehead atoms. The van der Waals surface area contributed by atoms with Gasteiger partial charge in [0.2, 0.25) is 5.91 Å². The van der Waals surface area contributed by atoms with Crippen LogP contribution in [0.1, 0.15) is 69.8 Å². The Morgan fingerprint density at radius 1 is 1.29 bits per heavy atom. The van der Waals surface area contributed by atoms with E-state index in [1.54, 1.807) is 25.4 Å². The predicted molar refractivity (Wildman–Crippen MR) is 130 cm³/mol. The minimum Gasteiger partial charge on any atom is -0.392 e. The molecule has 188 valence electrons. The highest BCUT2D eigenvalue weighted by atomic mass is 16.5. The maximum absolute atomic E-state index is 13.5. The minimum absolute atomic E-state index is 0.0170. The van der Waals surface area contributed by atoms with Crippen molar-refractivity contribution < 1.29 is 19.4 Å². The molecule has 0 unspecified atom stereocenters. The Kier molecular flexibility index (Phi) is 7.63. The Morgan fingerprint density at radius 2 is 2.06 bits per heavy atom. The number of fused-ring (bicyclic) bond motifs is 1. The monoisotopic (exact) mass is 471 g/mol. The molecule has 3 fully saturated rings. The highest BCUT2D eigenvalue weighted by molar-refractivity contribution is 5.92. The Morgan fingerprint density at radius 3 is 2.76 bits per heavy atom. The molecule has 2 amide bonds. The van der Waals surface area contributed by atoms with Crippen molar-refractivity contribution in [3.05, 3.63) is 30.1 Å². The molecule has 0 radical (unpaired) electrons. The summed E-state index contributed by atoms with van der Waals surface area (Å²) in [5.74, 6) is -0.160. The van der Waals surface area contributed by atoms with Crippen LogP contribution in [-0.4, -0.2) is 65.3 Å². The third-order valence-electron chi connectivity index (χ3n) is 9.15. The first-order valence-corrected chi connectivity index (χ1v) is 13.0. The zero-order valence-corrected chi connectivity index (χ0v) is 21.1. The van der Waals surface area contributed by atoms with Gasteiger partial charge < -0.3 is 20.1 Å². The van der Waals surface area contributed by atoms with Gasteiger partial charge in [-0.25, -0.2) is 0 Å². The predicted octanol–water partition coefficient (Wildman–Crippen LogP) is 3.28. The number of likely N-dealkylation sites (tertiary alicyclic amines) is 1. The quantitative estimate of drug-likeness (QED) is 0.664. The summed E-state index contributed by atoms with van der Waals surface area (Å²) >= 11 is 0. The molecule has 1 saturated heterocycles. The van der Waals surface area contributed by atoms with Crippen LogP contribution in [0.15, 0.2) is 24.4 Å². The first kappa shape index (κ1) is 25.1. The molecular formula is C27H41N3O4. The van der Waals surface area contributed by atoms with E-state index in [2.05, 4.69) is 24.1 Å². The molecule has 1 aromatic heterocycles. The molecule has 8 atom stereocenters. The number of rotatable bonds is 6. The van der Waals surface area contributed by atoms with Crippen molar-refractivity contribution in [1.82, 2.24) is 15.2 Å². The van der Waals surface area contributed by atoms with Crippen LogP contribution in [0.25, 0.3) is 0 Å². The lowest BCUT2D eigenvalue weighted by molar-refractivity contribution is -0.151. The van der Waals surface area contributed by atoms with Crippen molar-refractivity contribution in [3.8, 4) is 0 Å². The Hall–Kier alpha value is -1.99. The van der Waals surface area contributed by atoms with Gasteiger partial charge in [-0.3, -0.25) is 14.6 Å². The standard InChI is InChI=1S/C27H41N3O4/c1-17(26(33)30-15-7-8-19(30)16-34-4)20-10-12-27(3)13-11-21(18(2)23(27)24(20)31)29-25(32)22-9-5-6-14-28-22/h5-6,9,14,17-21,23-24,31H,7-8,10-13,15-16H2,1-4H3,(H,29,32)/t17-,18+,19+,20+,21-,23+,24-,27-/m0/s1. The van der Waals surface area contributed by atoms with Gasteiger partial charge in [0.05, 0.1) is 18.8 Å². The van der Waals surface area contributed by atoms with Gasteiger partial charge in [-0.2, -0.15) is 0 Å². The lowest BCUT2D eigenvalue weighted by Gasteiger charge is -2.56. The van der Waals surface area contributed by atoms with Crippen LogP contribution in [0.5, 0.6) is 0 Å². The number of aliphatic hydroxyl groups excluding tert-OH is 1. The van der Waals surface area contributed by atoms with Gasteiger partial charge in [-0.1, -0.05) is 26.8 Å². The molecule has 3 aliphatic rings. The van der Waals surface area contributed by atoms with Crippen LogP contribution in [0, 0.1) is 29.1 Å². The third kappa shape index (κ3) is 4.74. The minimum atomic E-state index is -0.564. The van der Waals surface area contributed by atoms with Crippen LogP contribution >= 0.6 is 0 Å². The van der Waals surface area contributed by atoms with E-state index in [-0.39, 0.29) is 53.0 Å². The lowest BCUT2D eigenvalue weighted by atomic mass is 9.51. The number of methoxy groups -OCH3 is 1. The van der Waals surface area contributed by atoms with Crippen molar-refractivity contribution in [2.45, 2.75) is 77.5 Å². The molecule has 1 aliphatic heterocycles. The Bertz CT molecular complexity index is 865. The summed E-state index contributed by atoms with van der Waals surface area (Å²) in [6, 6.07) is 5.46. The van der Waals surface area contributed by atoms with Crippen molar-refractivity contribution in [3.63, 3.8) is 0 Å². The SMILES string of the molecule is COC[C@H]1CCCN1C(=O)[C@@H](C)[C@H]1CC[C@@]2(C)CC[C@H](NC(=O)c3ccccn3)[C@@H](C)[C@@H]2[C@H]1O. The topological polar surface area (TPSA) is 91.8 Å². The summed E-state index contributed by atoms with van der Waals surface area (Å²) in [7, 11) is 1.68. The van der Waals surface area contributed by atoms with Gasteiger partial charge in [-0.05, 0) is 73.8 Å². The van der Waals surface area contributed by atoms with Crippen LogP contribution in [-0.2, 0) is 9.53 Å². The molecule has 0 aromatic carbocycles. The number of hydrogen-bond donors (Lipinski definition) is 2. The van der Waals surface area contributed by atoms with Crippen molar-refractivity contribution >= 4 is 11.8 Å². The molecule has 2 N–H and O–H groups in total. The number of aliphatic hydroxyl groups is 1. The maximum Gasteiger partial charge on any atom is 0.270 e. The summed E-state index contributed by atoms with van der Waals surface area (Å²) in [5, 5.41) is 14.9. The lowest BCUT2D eigenvalue weighted by Crippen LogP contribution is -2.58. The van der Waals surface area contributed by atoms with Gasteiger partial charge in [0.25, 0.3) is 5.91 Å². The number of pyridine rings is 1. The van der Waals surface area contributed by atoms with Gasteiger partial charge in [0.1, 0.15) is 5.69 Å². The largest absolute Gasteiger partial charge is 0.392 e. The van der Waals surface area contributed by atoms with Crippen LogP contribution in [0.4, 0.5) is 0 Å². The molecule has 34 heavy (non-hydrogen) atoms. The fraction of sp³-hybridized carbons (Fsp3) is 0.741. The number of amides is 2. The summed E-state index contributed by atoms with van der Waals surface area (Å²) in [6.45, 7) is 7.78. The molecule has 1 aromatic rings. The third-order valence-corrected chi connectivity index (χ3v) is 9.15. The zero-order chi connectivity index (χ0) is 24.5. The number of carbonyl (C=O) groups excluding carboxylic acids is 2. The second-order valence-corrected chi connectivity index (χ2v) is 11.1. The van der Waals surface area contributed by atoms with E-state index in [0.717, 1.165) is 45.1 Å². The first-order chi connectivity index (χ1) is 16.3. The molecule has 2 aliphatic carbocycles. The van der Waals surface area contributed by atoms with Crippen molar-refractivity contribution in [2.75, 3.05) is 20.3 Å². The molecule has 0 spiro atoms. The van der Waals surface area contributed by atoms with Crippen LogP contribution in [0.2, 0.25) is 0 Å². The van der Waals surface area contributed by atoms with E-state index in [4.69, 9.17) is 4.74 Å². The fourth-order valence-corrected chi connectivity index (χ4v) is 7.17. The Balaban J connectivity index is 1.47. The molecular weight excluding hydrogens is 430 g/mol. The summed E-state index contributed by atoms with van der Waals surface area (Å²) < 4.78 is 5.34. The average molecular weight is 472 g/mol. The molecule has 2 heterocycles. The second-order valence-electron chi connectivity index (χ2n) is 11.1. The second kappa shape index (κ2) is 10.3. The summed E-state index contributed by atoms with van der Waals surface area (Å²) in [5.41, 5.74) is 0.442. The summed E-state index contributed by atoms with van der Waals surface area (Å²) in [6.07, 6.45) is 6.77. The molecule has 4 rings (SSSR count). The van der Waals surface area contributed by atoms with Gasteiger partial charge in [0, 0.05) is 31.8 Å². The molecule has 7 heteroatoms. The average Bonchev–Trinajstić information content (AvgIpc) is 3.29. The Labute approximate surface area is 203 Å². The zero-order valence-electron chi connectivity index (χ0n) is 21.1. The maximum atomic E-state index is 13.5. The molecule has 7 nitrogen and oxygen atoms in total. The number of nitrogens with one attached hydrogen (secondary N) is 1. The highest BCUT2D eigenvalue weighted by Gasteiger charge is 2.54. The summed E-state index contributed by atoms with van der Waals surface area (Å²) in [4.78, 5) is 32.4. The number of carbonyl (C=O) groups is 2. The van der Waals surface area contributed by atoms with E-state index < -0.39 is 6.10 Å². The van der Waals surface area contributed by atoms with Gasteiger partial charge >= 0.3 is 0 Å². The van der Waals surface area contributed by atoms with E-state index in [1.165, 1.54) is 0 Å². The van der Waals surface area contributed by atoms with Gasteiger partial charge in [-0.15, -0.1) is 0 Å². The number of aromatic nitrogens is 1. The fourth-order valence-electron chi connectivity index (χ4n) is 7.17. The van der Waals surface area contributed by atoms with Gasteiger partial charge in [0.15, 0.2) is 0 Å². The van der Waals surface area contributed by atoms with Crippen LogP contribution in [0.3, 0.4) is 0 Å². The van der Waals surface area contributed by atoms with E-state index >= 15 is 0 Å². The van der Waals surface area contributed by atoms with E-state index in [1.807, 2.05) is 17.9 Å².